The first-order chi connectivity index (χ1) is 8.06. The van der Waals surface area contributed by atoms with Crippen LogP contribution in [0.15, 0.2) is 22.9 Å². The van der Waals surface area contributed by atoms with Gasteiger partial charge in [-0.3, -0.25) is 24.7 Å². The Balaban J connectivity index is 2.20. The zero-order chi connectivity index (χ0) is 12.4. The quantitative estimate of drug-likeness (QED) is 0.737. The topological polar surface area (TPSA) is 79.4 Å². The highest BCUT2D eigenvalue weighted by Gasteiger charge is 2.27. The third-order valence-corrected chi connectivity index (χ3v) is 2.62. The molecule has 2 heterocycles. The minimum absolute atomic E-state index is 0.114. The van der Waals surface area contributed by atoms with Crippen molar-refractivity contribution in [2.24, 2.45) is 0 Å². The maximum absolute atomic E-state index is 12.0. The van der Waals surface area contributed by atoms with Gasteiger partial charge in [0.1, 0.15) is 13.1 Å². The van der Waals surface area contributed by atoms with E-state index in [1.807, 2.05) is 0 Å². The van der Waals surface area contributed by atoms with Gasteiger partial charge in [0.15, 0.2) is 0 Å². The molecule has 0 spiro atoms. The van der Waals surface area contributed by atoms with Crippen LogP contribution in [0.1, 0.15) is 10.4 Å². The molecule has 1 fully saturated rings. The summed E-state index contributed by atoms with van der Waals surface area (Å²) in [5.41, 5.74) is 0.335. The molecule has 1 aromatic heterocycles. The molecule has 0 aliphatic carbocycles. The summed E-state index contributed by atoms with van der Waals surface area (Å²) in [7, 11) is 0. The van der Waals surface area contributed by atoms with E-state index in [9.17, 15) is 14.4 Å². The molecular weight excluding hydrogens is 290 g/mol. The van der Waals surface area contributed by atoms with Crippen molar-refractivity contribution in [1.82, 2.24) is 15.2 Å². The number of aromatic nitrogens is 1. The van der Waals surface area contributed by atoms with Crippen molar-refractivity contribution in [3.63, 3.8) is 0 Å². The SMILES string of the molecule is O=C1CN(C(=O)c2cncc(Br)c2)CC(=O)N1. The summed E-state index contributed by atoms with van der Waals surface area (Å²) in [4.78, 5) is 39.3. The molecule has 7 heteroatoms. The number of imide groups is 1. The van der Waals surface area contributed by atoms with Gasteiger partial charge in [-0.2, -0.15) is 0 Å². The van der Waals surface area contributed by atoms with Crippen molar-refractivity contribution in [1.29, 1.82) is 0 Å². The summed E-state index contributed by atoms with van der Waals surface area (Å²) in [5, 5.41) is 2.13. The molecule has 1 N–H and O–H groups in total. The second kappa shape index (κ2) is 4.62. The largest absolute Gasteiger partial charge is 0.320 e. The number of piperazine rings is 1. The molecule has 0 radical (unpaired) electrons. The Kier molecular flexibility index (Phi) is 3.19. The van der Waals surface area contributed by atoms with Gasteiger partial charge < -0.3 is 4.90 Å². The van der Waals surface area contributed by atoms with Crippen molar-refractivity contribution in [2.75, 3.05) is 13.1 Å². The number of hydrogen-bond donors (Lipinski definition) is 1. The van der Waals surface area contributed by atoms with Crippen molar-refractivity contribution in [2.45, 2.75) is 0 Å². The van der Waals surface area contributed by atoms with Crippen LogP contribution in [-0.2, 0) is 9.59 Å². The molecule has 0 atom stereocenters. The first-order valence-electron chi connectivity index (χ1n) is 4.79. The van der Waals surface area contributed by atoms with E-state index in [0.29, 0.717) is 10.0 Å². The molecule has 88 valence electrons. The fourth-order valence-electron chi connectivity index (χ4n) is 1.49. The molecule has 2 rings (SSSR count). The van der Waals surface area contributed by atoms with E-state index in [4.69, 9.17) is 0 Å². The minimum Gasteiger partial charge on any atom is -0.320 e. The number of pyridine rings is 1. The lowest BCUT2D eigenvalue weighted by Gasteiger charge is -2.25. The van der Waals surface area contributed by atoms with Gasteiger partial charge in [0, 0.05) is 16.9 Å². The predicted molar refractivity (Wildman–Crippen MR) is 61.0 cm³/mol. The molecule has 0 saturated carbocycles. The van der Waals surface area contributed by atoms with E-state index >= 15 is 0 Å². The maximum Gasteiger partial charge on any atom is 0.256 e. The van der Waals surface area contributed by atoms with Crippen LogP contribution in [0, 0.1) is 0 Å². The Labute approximate surface area is 105 Å². The van der Waals surface area contributed by atoms with Gasteiger partial charge in [-0.25, -0.2) is 0 Å². The zero-order valence-electron chi connectivity index (χ0n) is 8.64. The molecule has 0 unspecified atom stereocenters. The molecule has 3 amide bonds. The smallest absolute Gasteiger partial charge is 0.256 e. The minimum atomic E-state index is -0.474. The second-order valence-corrected chi connectivity index (χ2v) is 4.44. The van der Waals surface area contributed by atoms with Crippen LogP contribution in [0.4, 0.5) is 0 Å². The number of halogens is 1. The molecule has 17 heavy (non-hydrogen) atoms. The monoisotopic (exact) mass is 297 g/mol. The Morgan fingerprint density at radius 3 is 2.53 bits per heavy atom. The van der Waals surface area contributed by atoms with Crippen LogP contribution < -0.4 is 5.32 Å². The van der Waals surface area contributed by atoms with Gasteiger partial charge in [0.25, 0.3) is 5.91 Å². The van der Waals surface area contributed by atoms with E-state index in [0.717, 1.165) is 0 Å². The highest BCUT2D eigenvalue weighted by molar-refractivity contribution is 9.10. The fraction of sp³-hybridized carbons (Fsp3) is 0.200. The van der Waals surface area contributed by atoms with Crippen molar-refractivity contribution >= 4 is 33.7 Å². The molecule has 1 saturated heterocycles. The summed E-state index contributed by atoms with van der Waals surface area (Å²) < 4.78 is 0.663. The van der Waals surface area contributed by atoms with Crippen LogP contribution in [-0.4, -0.2) is 40.7 Å². The first-order valence-corrected chi connectivity index (χ1v) is 5.58. The van der Waals surface area contributed by atoms with Crippen molar-refractivity contribution < 1.29 is 14.4 Å². The molecule has 0 bridgehead atoms. The Morgan fingerprint density at radius 2 is 1.94 bits per heavy atom. The van der Waals surface area contributed by atoms with E-state index in [1.54, 1.807) is 12.3 Å². The summed E-state index contributed by atoms with van der Waals surface area (Å²) in [5.74, 6) is -1.34. The molecule has 1 aromatic rings. The third-order valence-electron chi connectivity index (χ3n) is 2.19. The average molecular weight is 298 g/mol. The van der Waals surface area contributed by atoms with Crippen LogP contribution in [0.2, 0.25) is 0 Å². The number of amides is 3. The number of carbonyl (C=O) groups is 3. The summed E-state index contributed by atoms with van der Waals surface area (Å²) in [6, 6.07) is 1.59. The lowest BCUT2D eigenvalue weighted by atomic mass is 10.2. The van der Waals surface area contributed by atoms with E-state index in [1.165, 1.54) is 11.1 Å². The predicted octanol–water partition coefficient (Wildman–Crippen LogP) is -0.0573. The molecular formula is C10H8BrN3O3. The van der Waals surface area contributed by atoms with Crippen LogP contribution in [0.25, 0.3) is 0 Å². The summed E-state index contributed by atoms with van der Waals surface area (Å²) in [6.45, 7) is -0.228. The second-order valence-electron chi connectivity index (χ2n) is 3.52. The van der Waals surface area contributed by atoms with Gasteiger partial charge in [-0.05, 0) is 22.0 Å². The molecule has 6 nitrogen and oxygen atoms in total. The summed E-state index contributed by atoms with van der Waals surface area (Å²) in [6.07, 6.45) is 2.94. The number of nitrogens with zero attached hydrogens (tertiary/aromatic N) is 2. The summed E-state index contributed by atoms with van der Waals surface area (Å²) >= 11 is 3.20. The van der Waals surface area contributed by atoms with Gasteiger partial charge in [0.2, 0.25) is 11.8 Å². The van der Waals surface area contributed by atoms with Crippen molar-refractivity contribution in [3.8, 4) is 0 Å². The Bertz CT molecular complexity index is 487. The van der Waals surface area contributed by atoms with Crippen LogP contribution in [0.5, 0.6) is 0 Å². The van der Waals surface area contributed by atoms with E-state index in [2.05, 4.69) is 26.2 Å². The van der Waals surface area contributed by atoms with Gasteiger partial charge >= 0.3 is 0 Å². The number of carbonyl (C=O) groups excluding carboxylic acids is 3. The molecule has 0 aromatic carbocycles. The van der Waals surface area contributed by atoms with Gasteiger partial charge in [-0.1, -0.05) is 0 Å². The van der Waals surface area contributed by atoms with Gasteiger partial charge in [-0.15, -0.1) is 0 Å². The average Bonchev–Trinajstić information content (AvgIpc) is 2.26. The first kappa shape index (κ1) is 11.7. The van der Waals surface area contributed by atoms with Crippen LogP contribution >= 0.6 is 15.9 Å². The molecule has 1 aliphatic heterocycles. The van der Waals surface area contributed by atoms with E-state index < -0.39 is 11.8 Å². The Morgan fingerprint density at radius 1 is 1.29 bits per heavy atom. The number of hydrogen-bond acceptors (Lipinski definition) is 4. The standard InChI is InChI=1S/C10H8BrN3O3/c11-7-1-6(2-12-3-7)10(17)14-4-8(15)13-9(16)5-14/h1-3H,4-5H2,(H,13,15,16). The number of rotatable bonds is 1. The fourth-order valence-corrected chi connectivity index (χ4v) is 1.86. The third kappa shape index (κ3) is 2.68. The zero-order valence-corrected chi connectivity index (χ0v) is 10.2. The Hall–Kier alpha value is -1.76. The van der Waals surface area contributed by atoms with Crippen LogP contribution in [0.3, 0.4) is 0 Å². The normalized spacial score (nSPS) is 15.7. The maximum atomic E-state index is 12.0. The highest BCUT2D eigenvalue weighted by Crippen LogP contribution is 2.12. The van der Waals surface area contributed by atoms with E-state index in [-0.39, 0.29) is 19.0 Å². The van der Waals surface area contributed by atoms with Crippen molar-refractivity contribution in [3.05, 3.63) is 28.5 Å². The van der Waals surface area contributed by atoms with Gasteiger partial charge in [0.05, 0.1) is 5.56 Å². The highest BCUT2D eigenvalue weighted by atomic mass is 79.9. The molecule has 1 aliphatic rings. The lowest BCUT2D eigenvalue weighted by molar-refractivity contribution is -0.135. The number of nitrogens with one attached hydrogen (secondary N) is 1. The lowest BCUT2D eigenvalue weighted by Crippen LogP contribution is -2.53.